The molecule has 1 unspecified atom stereocenters. The molecule has 0 aliphatic carbocycles. The lowest BCUT2D eigenvalue weighted by Gasteiger charge is -2.18. The van der Waals surface area contributed by atoms with Crippen LogP contribution in [0, 0.1) is 17.8 Å². The minimum Gasteiger partial charge on any atom is -0.462 e. The fourth-order valence-corrected chi connectivity index (χ4v) is 8.79. The maximum atomic E-state index is 12.8. The molecule has 6 heteroatoms. The molecule has 6 nitrogen and oxygen atoms in total. The molecular weight excluding hydrogens is 793 g/mol. The molecule has 0 radical (unpaired) electrons. The summed E-state index contributed by atoms with van der Waals surface area (Å²) in [4.78, 5) is 38.0. The number of hydrogen-bond acceptors (Lipinski definition) is 6. The molecule has 0 heterocycles. The maximum absolute atomic E-state index is 12.8. The van der Waals surface area contributed by atoms with Crippen molar-refractivity contribution < 1.29 is 28.6 Å². The molecule has 0 rings (SSSR count). The third-order valence-electron chi connectivity index (χ3n) is 13.5. The average molecular weight is 906 g/mol. The minimum atomic E-state index is -0.763. The summed E-state index contributed by atoms with van der Waals surface area (Å²) in [7, 11) is 0. The first-order valence-electron chi connectivity index (χ1n) is 28.6. The third kappa shape index (κ3) is 49.8. The highest BCUT2D eigenvalue weighted by Gasteiger charge is 2.19. The molecule has 0 aliphatic heterocycles. The molecule has 380 valence electrons. The molecule has 0 fully saturated rings. The Kier molecular flexibility index (Phi) is 48.1. The van der Waals surface area contributed by atoms with Gasteiger partial charge in [-0.05, 0) is 37.0 Å². The molecule has 0 bridgehead atoms. The van der Waals surface area contributed by atoms with Crippen molar-refractivity contribution in [2.24, 2.45) is 17.8 Å². The lowest BCUT2D eigenvalue weighted by atomic mass is 9.99. The Balaban J connectivity index is 4.23. The van der Waals surface area contributed by atoms with Gasteiger partial charge in [0.15, 0.2) is 6.10 Å². The van der Waals surface area contributed by atoms with E-state index in [0.29, 0.717) is 19.3 Å². The number of hydrogen-bond donors (Lipinski definition) is 0. The summed E-state index contributed by atoms with van der Waals surface area (Å²) in [6, 6.07) is 0. The van der Waals surface area contributed by atoms with E-state index in [4.69, 9.17) is 14.2 Å². The fourth-order valence-electron chi connectivity index (χ4n) is 8.79. The number of unbranched alkanes of at least 4 members (excludes halogenated alkanes) is 33. The Morgan fingerprint density at radius 1 is 0.312 bits per heavy atom. The molecule has 0 saturated heterocycles. The zero-order chi connectivity index (χ0) is 47.0. The molecule has 0 N–H and O–H groups in total. The third-order valence-corrected chi connectivity index (χ3v) is 13.5. The molecular formula is C58H112O6. The van der Waals surface area contributed by atoms with Crippen LogP contribution in [0.3, 0.4) is 0 Å². The van der Waals surface area contributed by atoms with Crippen molar-refractivity contribution >= 4 is 17.9 Å². The minimum absolute atomic E-state index is 0.0645. The first-order valence-corrected chi connectivity index (χ1v) is 28.6. The van der Waals surface area contributed by atoms with E-state index in [0.717, 1.165) is 75.5 Å². The predicted octanol–water partition coefficient (Wildman–Crippen LogP) is 18.7. The Morgan fingerprint density at radius 2 is 0.547 bits per heavy atom. The van der Waals surface area contributed by atoms with E-state index in [2.05, 4.69) is 41.5 Å². The summed E-state index contributed by atoms with van der Waals surface area (Å²) >= 11 is 0. The molecule has 0 aromatic rings. The summed E-state index contributed by atoms with van der Waals surface area (Å²) in [5.41, 5.74) is 0. The lowest BCUT2D eigenvalue weighted by Crippen LogP contribution is -2.30. The van der Waals surface area contributed by atoms with Crippen LogP contribution in [0.25, 0.3) is 0 Å². The molecule has 0 spiro atoms. The average Bonchev–Trinajstić information content (AvgIpc) is 3.27. The lowest BCUT2D eigenvalue weighted by molar-refractivity contribution is -0.167. The molecule has 0 aliphatic rings. The van der Waals surface area contributed by atoms with Crippen LogP contribution in [0.15, 0.2) is 0 Å². The molecule has 64 heavy (non-hydrogen) atoms. The van der Waals surface area contributed by atoms with Crippen LogP contribution in [0.5, 0.6) is 0 Å². The highest BCUT2D eigenvalue weighted by molar-refractivity contribution is 5.71. The molecule has 2 atom stereocenters. The molecule has 0 aromatic carbocycles. The van der Waals surface area contributed by atoms with E-state index in [1.165, 1.54) is 199 Å². The largest absolute Gasteiger partial charge is 0.462 e. The van der Waals surface area contributed by atoms with Crippen LogP contribution in [0.4, 0.5) is 0 Å². The Morgan fingerprint density at radius 3 is 0.812 bits per heavy atom. The second-order valence-corrected chi connectivity index (χ2v) is 21.1. The van der Waals surface area contributed by atoms with E-state index >= 15 is 0 Å². The number of ether oxygens (including phenoxy) is 3. The summed E-state index contributed by atoms with van der Waals surface area (Å²) in [6.07, 6.45) is 51.0. The van der Waals surface area contributed by atoms with E-state index in [-0.39, 0.29) is 31.1 Å². The monoisotopic (exact) mass is 905 g/mol. The van der Waals surface area contributed by atoms with Crippen LogP contribution >= 0.6 is 0 Å². The van der Waals surface area contributed by atoms with E-state index < -0.39 is 6.10 Å². The van der Waals surface area contributed by atoms with Gasteiger partial charge < -0.3 is 14.2 Å². The van der Waals surface area contributed by atoms with Gasteiger partial charge in [-0.15, -0.1) is 0 Å². The standard InChI is InChI=1S/C58H112O6/c1-7-54(6)46-40-34-28-21-16-14-12-10-8-9-11-13-15-17-23-31-37-43-49-58(61)64-55(51-63-57(60)48-42-36-30-25-24-27-33-39-45-53(4)5)50-62-56(59)47-41-35-29-22-19-18-20-26-32-38-44-52(2)3/h52-55H,7-51H2,1-6H3/t54?,55-/m0/s1. The summed E-state index contributed by atoms with van der Waals surface area (Å²) in [5, 5.41) is 0. The highest BCUT2D eigenvalue weighted by atomic mass is 16.6. The Hall–Kier alpha value is -1.59. The number of carbonyl (C=O) groups excluding carboxylic acids is 3. The smallest absolute Gasteiger partial charge is 0.306 e. The van der Waals surface area contributed by atoms with Crippen LogP contribution in [-0.2, 0) is 28.6 Å². The van der Waals surface area contributed by atoms with Gasteiger partial charge in [-0.2, -0.15) is 0 Å². The summed E-state index contributed by atoms with van der Waals surface area (Å²) in [5.74, 6) is 1.68. The zero-order valence-corrected chi connectivity index (χ0v) is 44.1. The van der Waals surface area contributed by atoms with Gasteiger partial charge in [0.1, 0.15) is 13.2 Å². The van der Waals surface area contributed by atoms with Crippen LogP contribution in [0.2, 0.25) is 0 Å². The molecule has 0 amide bonds. The Labute approximate surface area is 399 Å². The van der Waals surface area contributed by atoms with Crippen molar-refractivity contribution in [1.82, 2.24) is 0 Å². The number of carbonyl (C=O) groups is 3. The van der Waals surface area contributed by atoms with Crippen molar-refractivity contribution in [2.45, 2.75) is 324 Å². The van der Waals surface area contributed by atoms with Crippen molar-refractivity contribution in [3.8, 4) is 0 Å². The van der Waals surface area contributed by atoms with E-state index in [1.807, 2.05) is 0 Å². The van der Waals surface area contributed by atoms with Crippen molar-refractivity contribution in [2.75, 3.05) is 13.2 Å². The maximum Gasteiger partial charge on any atom is 0.306 e. The van der Waals surface area contributed by atoms with Gasteiger partial charge in [-0.3, -0.25) is 14.4 Å². The SMILES string of the molecule is CCC(C)CCCCCCCCCCCCCCCCCCCCC(=O)O[C@@H](COC(=O)CCCCCCCCCCCCC(C)C)COC(=O)CCCCCCCCCCC(C)C. The summed E-state index contributed by atoms with van der Waals surface area (Å²) < 4.78 is 16.9. The van der Waals surface area contributed by atoms with Crippen molar-refractivity contribution in [3.63, 3.8) is 0 Å². The van der Waals surface area contributed by atoms with Gasteiger partial charge in [0, 0.05) is 19.3 Å². The molecule has 0 saturated carbocycles. The first kappa shape index (κ1) is 62.4. The first-order chi connectivity index (χ1) is 31.1. The van der Waals surface area contributed by atoms with Gasteiger partial charge in [0.25, 0.3) is 0 Å². The number of esters is 3. The summed E-state index contributed by atoms with van der Waals surface area (Å²) in [6.45, 7) is 13.8. The van der Waals surface area contributed by atoms with Crippen molar-refractivity contribution in [1.29, 1.82) is 0 Å². The van der Waals surface area contributed by atoms with Gasteiger partial charge in [-0.25, -0.2) is 0 Å². The normalized spacial score (nSPS) is 12.6. The van der Waals surface area contributed by atoms with Gasteiger partial charge >= 0.3 is 17.9 Å². The van der Waals surface area contributed by atoms with Crippen LogP contribution in [0.1, 0.15) is 318 Å². The van der Waals surface area contributed by atoms with Crippen LogP contribution in [-0.4, -0.2) is 37.2 Å². The zero-order valence-electron chi connectivity index (χ0n) is 44.1. The molecule has 0 aromatic heterocycles. The quantitative estimate of drug-likeness (QED) is 0.0344. The predicted molar refractivity (Wildman–Crippen MR) is 275 cm³/mol. The van der Waals surface area contributed by atoms with Crippen molar-refractivity contribution in [3.05, 3.63) is 0 Å². The van der Waals surface area contributed by atoms with Crippen LogP contribution < -0.4 is 0 Å². The van der Waals surface area contributed by atoms with Gasteiger partial charge in [0.05, 0.1) is 0 Å². The fraction of sp³-hybridized carbons (Fsp3) is 0.948. The van der Waals surface area contributed by atoms with E-state index in [9.17, 15) is 14.4 Å². The Bertz CT molecular complexity index is 993. The van der Waals surface area contributed by atoms with Gasteiger partial charge in [0.2, 0.25) is 0 Å². The van der Waals surface area contributed by atoms with Gasteiger partial charge in [-0.1, -0.05) is 279 Å². The highest BCUT2D eigenvalue weighted by Crippen LogP contribution is 2.19. The number of rotatable bonds is 51. The second kappa shape index (κ2) is 49.3. The topological polar surface area (TPSA) is 78.9 Å². The van der Waals surface area contributed by atoms with E-state index in [1.54, 1.807) is 0 Å². The second-order valence-electron chi connectivity index (χ2n) is 21.1.